The van der Waals surface area contributed by atoms with Gasteiger partial charge in [-0.05, 0) is 49.2 Å². The van der Waals surface area contributed by atoms with Gasteiger partial charge in [-0.2, -0.15) is 13.2 Å². The first kappa shape index (κ1) is 23.3. The lowest BCUT2D eigenvalue weighted by Crippen LogP contribution is -2.48. The van der Waals surface area contributed by atoms with Crippen LogP contribution in [-0.4, -0.2) is 30.5 Å². The van der Waals surface area contributed by atoms with Crippen LogP contribution in [0.25, 0.3) is 0 Å². The fraction of sp³-hybridized carbons (Fsp3) is 0.304. The number of methoxy groups -OCH3 is 1. The third-order valence-electron chi connectivity index (χ3n) is 5.15. The maximum atomic E-state index is 13.4. The number of ether oxygens (including phenoxy) is 1. The number of allylic oxidation sites excluding steroid dienone is 1. The van der Waals surface area contributed by atoms with Crippen LogP contribution >= 0.6 is 0 Å². The summed E-state index contributed by atoms with van der Waals surface area (Å²) < 4.78 is 57.1. The van der Waals surface area contributed by atoms with Crippen molar-refractivity contribution in [3.8, 4) is 0 Å². The number of hydrogen-bond donors (Lipinski definition) is 1. The SMILES string of the molecule is CCN=C1NC(c2ccc(F)cc2)C(C(=O)OC)=C(C)N1Cc1ccc(C(F)(F)F)cc1. The normalized spacial score (nSPS) is 18.0. The number of alkyl halides is 3. The molecule has 1 N–H and O–H groups in total. The van der Waals surface area contributed by atoms with Crippen molar-refractivity contribution < 1.29 is 27.1 Å². The number of esters is 1. The van der Waals surface area contributed by atoms with Gasteiger partial charge in [0.25, 0.3) is 0 Å². The zero-order valence-corrected chi connectivity index (χ0v) is 17.8. The first-order valence-corrected chi connectivity index (χ1v) is 9.95. The Morgan fingerprint density at radius 3 is 2.28 bits per heavy atom. The van der Waals surface area contributed by atoms with Crippen LogP contribution in [0.4, 0.5) is 17.6 Å². The molecular formula is C23H23F4N3O2. The number of benzene rings is 2. The predicted molar refractivity (Wildman–Crippen MR) is 112 cm³/mol. The molecule has 2 aromatic rings. The Hall–Kier alpha value is -3.36. The summed E-state index contributed by atoms with van der Waals surface area (Å²) in [5, 5.41) is 3.21. The standard InChI is InChI=1S/C23H23F4N3O2/c1-4-28-22-29-20(16-7-11-18(24)12-8-16)19(21(31)32-3)14(2)30(22)13-15-5-9-17(10-6-15)23(25,26)27/h5-12,20H,4,13H2,1-3H3,(H,28,29). The summed E-state index contributed by atoms with van der Waals surface area (Å²) in [7, 11) is 1.26. The average molecular weight is 449 g/mol. The molecule has 1 aliphatic heterocycles. The van der Waals surface area contributed by atoms with Crippen molar-refractivity contribution in [2.45, 2.75) is 32.6 Å². The number of aliphatic imine (C=N–C) groups is 1. The van der Waals surface area contributed by atoms with E-state index < -0.39 is 29.6 Å². The second kappa shape index (κ2) is 9.42. The van der Waals surface area contributed by atoms with Crippen LogP contribution in [0, 0.1) is 5.82 Å². The quantitative estimate of drug-likeness (QED) is 0.526. The van der Waals surface area contributed by atoms with Crippen LogP contribution in [0.2, 0.25) is 0 Å². The van der Waals surface area contributed by atoms with Gasteiger partial charge >= 0.3 is 12.1 Å². The molecule has 32 heavy (non-hydrogen) atoms. The van der Waals surface area contributed by atoms with Crippen molar-refractivity contribution in [1.82, 2.24) is 10.2 Å². The van der Waals surface area contributed by atoms with Gasteiger partial charge in [-0.25, -0.2) is 9.18 Å². The smallest absolute Gasteiger partial charge is 0.416 e. The van der Waals surface area contributed by atoms with E-state index in [0.717, 1.165) is 12.1 Å². The van der Waals surface area contributed by atoms with Gasteiger partial charge in [0.1, 0.15) is 5.82 Å². The molecule has 3 rings (SSSR count). The molecule has 170 valence electrons. The molecule has 0 fully saturated rings. The van der Waals surface area contributed by atoms with Crippen molar-refractivity contribution in [3.63, 3.8) is 0 Å². The molecular weight excluding hydrogens is 426 g/mol. The van der Waals surface area contributed by atoms with E-state index in [2.05, 4.69) is 10.3 Å². The zero-order valence-electron chi connectivity index (χ0n) is 17.8. The number of halogens is 4. The minimum atomic E-state index is -4.42. The lowest BCUT2D eigenvalue weighted by atomic mass is 9.94. The minimum Gasteiger partial charge on any atom is -0.466 e. The highest BCUT2D eigenvalue weighted by Crippen LogP contribution is 2.33. The van der Waals surface area contributed by atoms with E-state index in [4.69, 9.17) is 4.74 Å². The van der Waals surface area contributed by atoms with Gasteiger partial charge in [0.15, 0.2) is 5.96 Å². The fourth-order valence-corrected chi connectivity index (χ4v) is 3.53. The molecule has 0 spiro atoms. The summed E-state index contributed by atoms with van der Waals surface area (Å²) in [5.74, 6) is -0.527. The van der Waals surface area contributed by atoms with Crippen LogP contribution in [0.3, 0.4) is 0 Å². The third kappa shape index (κ3) is 4.92. The maximum absolute atomic E-state index is 13.4. The van der Waals surface area contributed by atoms with Crippen LogP contribution in [-0.2, 0) is 22.3 Å². The maximum Gasteiger partial charge on any atom is 0.416 e. The highest BCUT2D eigenvalue weighted by molar-refractivity contribution is 5.96. The van der Waals surface area contributed by atoms with E-state index in [1.807, 2.05) is 6.92 Å². The summed E-state index contributed by atoms with van der Waals surface area (Å²) in [4.78, 5) is 18.9. The van der Waals surface area contributed by atoms with E-state index in [1.165, 1.54) is 31.4 Å². The van der Waals surface area contributed by atoms with Gasteiger partial charge in [0.2, 0.25) is 0 Å². The first-order chi connectivity index (χ1) is 15.2. The summed E-state index contributed by atoms with van der Waals surface area (Å²) >= 11 is 0. The third-order valence-corrected chi connectivity index (χ3v) is 5.15. The van der Waals surface area contributed by atoms with Gasteiger partial charge in [-0.3, -0.25) is 4.99 Å². The fourth-order valence-electron chi connectivity index (χ4n) is 3.53. The highest BCUT2D eigenvalue weighted by Gasteiger charge is 2.35. The zero-order chi connectivity index (χ0) is 23.5. The molecule has 9 heteroatoms. The Balaban J connectivity index is 2.04. The number of carbonyl (C=O) groups is 1. The van der Waals surface area contributed by atoms with E-state index in [9.17, 15) is 22.4 Å². The molecule has 0 bridgehead atoms. The van der Waals surface area contributed by atoms with Gasteiger partial charge in [-0.1, -0.05) is 24.3 Å². The van der Waals surface area contributed by atoms with Crippen LogP contribution in [0.5, 0.6) is 0 Å². The molecule has 0 radical (unpaired) electrons. The summed E-state index contributed by atoms with van der Waals surface area (Å²) in [5.41, 5.74) is 1.36. The Labute approximate surface area is 183 Å². The number of rotatable bonds is 5. The largest absolute Gasteiger partial charge is 0.466 e. The van der Waals surface area contributed by atoms with Gasteiger partial charge in [0, 0.05) is 12.2 Å². The van der Waals surface area contributed by atoms with E-state index >= 15 is 0 Å². The lowest BCUT2D eigenvalue weighted by molar-refractivity contribution is -0.138. The van der Waals surface area contributed by atoms with Crippen molar-refractivity contribution in [2.24, 2.45) is 4.99 Å². The number of guanidine groups is 1. The number of hydrogen-bond acceptors (Lipinski definition) is 3. The second-order valence-corrected chi connectivity index (χ2v) is 7.20. The number of carbonyl (C=O) groups excluding carboxylic acids is 1. The Kier molecular flexibility index (Phi) is 6.86. The molecule has 1 atom stereocenters. The molecule has 0 amide bonds. The second-order valence-electron chi connectivity index (χ2n) is 7.20. The van der Waals surface area contributed by atoms with Crippen molar-refractivity contribution >= 4 is 11.9 Å². The molecule has 5 nitrogen and oxygen atoms in total. The first-order valence-electron chi connectivity index (χ1n) is 9.95. The molecule has 1 heterocycles. The topological polar surface area (TPSA) is 53.9 Å². The van der Waals surface area contributed by atoms with Crippen molar-refractivity contribution in [1.29, 1.82) is 0 Å². The van der Waals surface area contributed by atoms with Crippen molar-refractivity contribution in [3.05, 3.63) is 82.3 Å². The molecule has 0 aliphatic carbocycles. The monoisotopic (exact) mass is 449 g/mol. The van der Waals surface area contributed by atoms with Gasteiger partial charge in [-0.15, -0.1) is 0 Å². The summed E-state index contributed by atoms with van der Waals surface area (Å²) in [6, 6.07) is 9.93. The summed E-state index contributed by atoms with van der Waals surface area (Å²) in [6.07, 6.45) is -4.42. The van der Waals surface area contributed by atoms with Crippen LogP contribution in [0.1, 0.15) is 36.6 Å². The molecule has 2 aromatic carbocycles. The summed E-state index contributed by atoms with van der Waals surface area (Å²) in [6.45, 7) is 4.18. The average Bonchev–Trinajstić information content (AvgIpc) is 2.76. The Morgan fingerprint density at radius 2 is 1.75 bits per heavy atom. The highest BCUT2D eigenvalue weighted by atomic mass is 19.4. The predicted octanol–water partition coefficient (Wildman–Crippen LogP) is 4.81. The van der Waals surface area contributed by atoms with Gasteiger partial charge in [0.05, 0.1) is 30.8 Å². The molecule has 0 aromatic heterocycles. The van der Waals surface area contributed by atoms with Crippen LogP contribution in [0.15, 0.2) is 64.8 Å². The van der Waals surface area contributed by atoms with Crippen LogP contribution < -0.4 is 5.32 Å². The lowest BCUT2D eigenvalue weighted by Gasteiger charge is -2.38. The van der Waals surface area contributed by atoms with E-state index in [-0.39, 0.29) is 6.54 Å². The van der Waals surface area contributed by atoms with E-state index in [0.29, 0.717) is 34.9 Å². The number of nitrogens with zero attached hydrogens (tertiary/aromatic N) is 2. The number of nitrogens with one attached hydrogen (secondary N) is 1. The Morgan fingerprint density at radius 1 is 1.12 bits per heavy atom. The molecule has 1 unspecified atom stereocenters. The minimum absolute atomic E-state index is 0.187. The molecule has 1 aliphatic rings. The van der Waals surface area contributed by atoms with Crippen molar-refractivity contribution in [2.75, 3.05) is 13.7 Å². The molecule has 0 saturated heterocycles. The molecule has 0 saturated carbocycles. The van der Waals surface area contributed by atoms with Gasteiger partial charge < -0.3 is 15.0 Å². The Bertz CT molecular complexity index is 1030. The van der Waals surface area contributed by atoms with E-state index in [1.54, 1.807) is 24.0 Å².